The van der Waals surface area contributed by atoms with Gasteiger partial charge in [0.1, 0.15) is 0 Å². The fourth-order valence-electron chi connectivity index (χ4n) is 2.31. The monoisotopic (exact) mass is 275 g/mol. The van der Waals surface area contributed by atoms with Crippen LogP contribution in [0.2, 0.25) is 0 Å². The molecule has 2 unspecified atom stereocenters. The van der Waals surface area contributed by atoms with E-state index in [1.807, 2.05) is 22.6 Å². The summed E-state index contributed by atoms with van der Waals surface area (Å²) < 4.78 is 3.90. The average Bonchev–Trinajstić information content (AvgIpc) is 3.04. The third kappa shape index (κ3) is 3.10. The second-order valence-corrected chi connectivity index (χ2v) is 5.39. The van der Waals surface area contributed by atoms with Crippen LogP contribution in [-0.4, -0.2) is 19.6 Å². The number of aryl methyl sites for hydroxylation is 2. The fraction of sp³-hybridized carbons (Fsp3) is 0.600. The van der Waals surface area contributed by atoms with Gasteiger partial charge in [0.2, 0.25) is 0 Å². The Morgan fingerprint density at radius 3 is 2.60 bits per heavy atom. The van der Waals surface area contributed by atoms with Crippen LogP contribution in [0.1, 0.15) is 56.4 Å². The molecule has 2 heterocycles. The highest BCUT2D eigenvalue weighted by atomic mass is 15.3. The molecule has 0 bridgehead atoms. The Balaban J connectivity index is 2.08. The summed E-state index contributed by atoms with van der Waals surface area (Å²) in [5.41, 5.74) is 9.50. The van der Waals surface area contributed by atoms with E-state index in [1.165, 1.54) is 0 Å². The minimum Gasteiger partial charge on any atom is -0.322 e. The molecule has 20 heavy (non-hydrogen) atoms. The van der Waals surface area contributed by atoms with E-state index < -0.39 is 0 Å². The first-order chi connectivity index (χ1) is 9.55. The predicted molar refractivity (Wildman–Crippen MR) is 80.4 cm³/mol. The molecule has 0 saturated heterocycles. The molecule has 5 nitrogen and oxygen atoms in total. The molecule has 5 heteroatoms. The number of aromatic nitrogens is 4. The third-order valence-corrected chi connectivity index (χ3v) is 3.84. The molecule has 2 aromatic heterocycles. The first-order valence-corrected chi connectivity index (χ1v) is 7.37. The number of nitrogens with zero attached hydrogens (tertiary/aromatic N) is 4. The Morgan fingerprint density at radius 1 is 1.25 bits per heavy atom. The number of nitrogens with two attached hydrogens (primary N) is 1. The second kappa shape index (κ2) is 6.22. The molecule has 0 spiro atoms. The van der Waals surface area contributed by atoms with Crippen molar-refractivity contribution in [3.63, 3.8) is 0 Å². The molecule has 2 atom stereocenters. The van der Waals surface area contributed by atoms with E-state index in [1.54, 1.807) is 0 Å². The first kappa shape index (κ1) is 14.8. The standard InChI is InChI=1S/C15H25N5/c1-5-11(3)20-8-7-13(18-20)9-14(16)15-10-12(6-2)17-19(15)4/h7-8,10-11,14H,5-6,9,16H2,1-4H3. The van der Waals surface area contributed by atoms with Gasteiger partial charge >= 0.3 is 0 Å². The zero-order valence-electron chi connectivity index (χ0n) is 12.9. The van der Waals surface area contributed by atoms with E-state index in [0.717, 1.165) is 36.3 Å². The quantitative estimate of drug-likeness (QED) is 0.880. The van der Waals surface area contributed by atoms with Crippen LogP contribution < -0.4 is 5.73 Å². The Bertz CT molecular complexity index is 554. The van der Waals surface area contributed by atoms with Crippen molar-refractivity contribution >= 4 is 0 Å². The van der Waals surface area contributed by atoms with Crippen LogP contribution in [0.4, 0.5) is 0 Å². The van der Waals surface area contributed by atoms with Crippen molar-refractivity contribution in [2.75, 3.05) is 0 Å². The Morgan fingerprint density at radius 2 is 2.00 bits per heavy atom. The van der Waals surface area contributed by atoms with Gasteiger partial charge in [0.15, 0.2) is 0 Å². The number of hydrogen-bond acceptors (Lipinski definition) is 3. The lowest BCUT2D eigenvalue weighted by atomic mass is 10.1. The Hall–Kier alpha value is -1.62. The third-order valence-electron chi connectivity index (χ3n) is 3.84. The van der Waals surface area contributed by atoms with Gasteiger partial charge in [-0.25, -0.2) is 0 Å². The molecule has 0 saturated carbocycles. The summed E-state index contributed by atoms with van der Waals surface area (Å²) in [7, 11) is 1.95. The van der Waals surface area contributed by atoms with Gasteiger partial charge in [0.25, 0.3) is 0 Å². The summed E-state index contributed by atoms with van der Waals surface area (Å²) in [6, 6.07) is 4.52. The maximum atomic E-state index is 6.30. The van der Waals surface area contributed by atoms with E-state index >= 15 is 0 Å². The molecule has 0 aliphatic carbocycles. The molecule has 110 valence electrons. The molecule has 0 radical (unpaired) electrons. The van der Waals surface area contributed by atoms with Crippen molar-refractivity contribution in [3.05, 3.63) is 35.4 Å². The van der Waals surface area contributed by atoms with Crippen molar-refractivity contribution < 1.29 is 0 Å². The van der Waals surface area contributed by atoms with Gasteiger partial charge < -0.3 is 5.73 Å². The summed E-state index contributed by atoms with van der Waals surface area (Å²) in [4.78, 5) is 0. The summed E-state index contributed by atoms with van der Waals surface area (Å²) in [6.45, 7) is 6.44. The topological polar surface area (TPSA) is 61.7 Å². The van der Waals surface area contributed by atoms with E-state index in [2.05, 4.69) is 43.1 Å². The summed E-state index contributed by atoms with van der Waals surface area (Å²) >= 11 is 0. The Labute approximate surface area is 120 Å². The smallest absolute Gasteiger partial charge is 0.0644 e. The molecule has 0 aliphatic heterocycles. The van der Waals surface area contributed by atoms with E-state index in [9.17, 15) is 0 Å². The fourth-order valence-corrected chi connectivity index (χ4v) is 2.31. The highest BCUT2D eigenvalue weighted by Gasteiger charge is 2.15. The van der Waals surface area contributed by atoms with Crippen LogP contribution in [0.3, 0.4) is 0 Å². The van der Waals surface area contributed by atoms with Crippen molar-refractivity contribution in [1.82, 2.24) is 19.6 Å². The molecule has 0 amide bonds. The first-order valence-electron chi connectivity index (χ1n) is 7.37. The van der Waals surface area contributed by atoms with Gasteiger partial charge in [-0.1, -0.05) is 13.8 Å². The van der Waals surface area contributed by atoms with Crippen LogP contribution in [0.5, 0.6) is 0 Å². The largest absolute Gasteiger partial charge is 0.322 e. The zero-order valence-corrected chi connectivity index (χ0v) is 12.9. The highest BCUT2D eigenvalue weighted by molar-refractivity contribution is 5.16. The minimum atomic E-state index is -0.0620. The molecule has 0 fully saturated rings. The van der Waals surface area contributed by atoms with Crippen LogP contribution in [0, 0.1) is 0 Å². The van der Waals surface area contributed by atoms with Gasteiger partial charge in [-0.15, -0.1) is 0 Å². The van der Waals surface area contributed by atoms with Gasteiger partial charge in [0.05, 0.1) is 23.1 Å². The van der Waals surface area contributed by atoms with Gasteiger partial charge in [-0.05, 0) is 31.9 Å². The van der Waals surface area contributed by atoms with E-state index in [0.29, 0.717) is 6.04 Å². The number of hydrogen-bond donors (Lipinski definition) is 1. The SMILES string of the molecule is CCc1cc(C(N)Cc2ccn(C(C)CC)n2)n(C)n1. The van der Waals surface area contributed by atoms with Crippen LogP contribution in [-0.2, 0) is 19.9 Å². The van der Waals surface area contributed by atoms with Crippen LogP contribution >= 0.6 is 0 Å². The van der Waals surface area contributed by atoms with E-state index in [4.69, 9.17) is 5.73 Å². The van der Waals surface area contributed by atoms with Crippen molar-refractivity contribution in [2.45, 2.75) is 52.1 Å². The van der Waals surface area contributed by atoms with Gasteiger partial charge in [0, 0.05) is 25.7 Å². The lowest BCUT2D eigenvalue weighted by Crippen LogP contribution is -2.17. The molecule has 0 aliphatic rings. The predicted octanol–water partition coefficient (Wildman–Crippen LogP) is 2.39. The lowest BCUT2D eigenvalue weighted by molar-refractivity contribution is 0.471. The van der Waals surface area contributed by atoms with E-state index in [-0.39, 0.29) is 6.04 Å². The highest BCUT2D eigenvalue weighted by Crippen LogP contribution is 2.17. The molecule has 2 rings (SSSR count). The molecule has 0 aromatic carbocycles. The molecular formula is C15H25N5. The molecular weight excluding hydrogens is 250 g/mol. The van der Waals surface area contributed by atoms with Crippen molar-refractivity contribution in [2.24, 2.45) is 12.8 Å². The minimum absolute atomic E-state index is 0.0620. The maximum absolute atomic E-state index is 6.30. The Kier molecular flexibility index (Phi) is 4.60. The summed E-state index contributed by atoms with van der Waals surface area (Å²) in [5, 5.41) is 9.06. The van der Waals surface area contributed by atoms with Crippen LogP contribution in [0.25, 0.3) is 0 Å². The molecule has 2 aromatic rings. The normalized spacial score (nSPS) is 14.4. The number of rotatable bonds is 6. The second-order valence-electron chi connectivity index (χ2n) is 5.39. The van der Waals surface area contributed by atoms with Crippen molar-refractivity contribution in [1.29, 1.82) is 0 Å². The molecule has 2 N–H and O–H groups in total. The average molecular weight is 275 g/mol. The zero-order chi connectivity index (χ0) is 14.7. The van der Waals surface area contributed by atoms with Gasteiger partial charge in [-0.2, -0.15) is 10.2 Å². The van der Waals surface area contributed by atoms with Crippen LogP contribution in [0.15, 0.2) is 18.3 Å². The summed E-state index contributed by atoms with van der Waals surface area (Å²) in [5.74, 6) is 0. The van der Waals surface area contributed by atoms with Gasteiger partial charge in [-0.3, -0.25) is 9.36 Å². The maximum Gasteiger partial charge on any atom is 0.0644 e. The lowest BCUT2D eigenvalue weighted by Gasteiger charge is -2.11. The summed E-state index contributed by atoms with van der Waals surface area (Å²) in [6.07, 6.45) is 4.79. The van der Waals surface area contributed by atoms with Crippen molar-refractivity contribution in [3.8, 4) is 0 Å².